The molecule has 0 radical (unpaired) electrons. The first-order valence-corrected chi connectivity index (χ1v) is 7.57. The second-order valence-electron chi connectivity index (χ2n) is 6.71. The number of rotatable bonds is 2. The highest BCUT2D eigenvalue weighted by atomic mass is 16.5. The zero-order valence-electron chi connectivity index (χ0n) is 13.0. The molecular weight excluding hydrogens is 278 g/mol. The number of carbonyl (C=O) groups excluding carboxylic acids is 1. The summed E-state index contributed by atoms with van der Waals surface area (Å²) in [6, 6.07) is 2.14. The predicted octanol–water partition coefficient (Wildman–Crippen LogP) is 2.42. The van der Waals surface area contributed by atoms with Crippen LogP contribution in [-0.4, -0.2) is 21.6 Å². The third-order valence-electron chi connectivity index (χ3n) is 4.69. The standard InChI is InChI=1S/C17H19N3O2/c1-10-6-11-7-12(8-20-5-4-18-9-20)22-15(11)13-14(10)19-16(21)17(13,2)3/h4-6,9,12H,7-8H2,1-3H3,(H,19,21). The van der Waals surface area contributed by atoms with Gasteiger partial charge in [0.25, 0.3) is 0 Å². The van der Waals surface area contributed by atoms with Gasteiger partial charge in [-0.05, 0) is 31.9 Å². The van der Waals surface area contributed by atoms with Gasteiger partial charge >= 0.3 is 0 Å². The fourth-order valence-electron chi connectivity index (χ4n) is 3.48. The number of carbonyl (C=O) groups is 1. The minimum absolute atomic E-state index is 0.0423. The first kappa shape index (κ1) is 13.4. The van der Waals surface area contributed by atoms with E-state index in [4.69, 9.17) is 4.74 Å². The Morgan fingerprint density at radius 2 is 2.32 bits per heavy atom. The smallest absolute Gasteiger partial charge is 0.234 e. The van der Waals surface area contributed by atoms with E-state index in [1.165, 1.54) is 5.56 Å². The normalized spacial score (nSPS) is 21.2. The van der Waals surface area contributed by atoms with E-state index in [9.17, 15) is 4.79 Å². The van der Waals surface area contributed by atoms with Crippen LogP contribution < -0.4 is 10.1 Å². The number of nitrogens with one attached hydrogen (secondary N) is 1. The Bertz CT molecular complexity index is 763. The number of hydrogen-bond acceptors (Lipinski definition) is 3. The van der Waals surface area contributed by atoms with Crippen LogP contribution in [0.15, 0.2) is 24.8 Å². The Labute approximate surface area is 129 Å². The summed E-state index contributed by atoms with van der Waals surface area (Å²) in [6.45, 7) is 6.73. The zero-order chi connectivity index (χ0) is 15.5. The van der Waals surface area contributed by atoms with Gasteiger partial charge in [-0.1, -0.05) is 6.07 Å². The molecule has 0 fully saturated rings. The molecule has 1 aromatic carbocycles. The van der Waals surface area contributed by atoms with Gasteiger partial charge in [-0.3, -0.25) is 4.79 Å². The quantitative estimate of drug-likeness (QED) is 0.926. The van der Waals surface area contributed by atoms with E-state index in [0.717, 1.165) is 35.5 Å². The average molecular weight is 297 g/mol. The number of aryl methyl sites for hydroxylation is 1. The van der Waals surface area contributed by atoms with Gasteiger partial charge in [-0.25, -0.2) is 4.98 Å². The first-order valence-electron chi connectivity index (χ1n) is 7.57. The number of amides is 1. The fourth-order valence-corrected chi connectivity index (χ4v) is 3.48. The van der Waals surface area contributed by atoms with Gasteiger partial charge in [0.2, 0.25) is 5.91 Å². The Morgan fingerprint density at radius 1 is 1.50 bits per heavy atom. The molecule has 1 aromatic heterocycles. The number of fused-ring (bicyclic) bond motifs is 3. The van der Waals surface area contributed by atoms with Crippen molar-refractivity contribution in [1.82, 2.24) is 9.55 Å². The summed E-state index contributed by atoms with van der Waals surface area (Å²) >= 11 is 0. The third-order valence-corrected chi connectivity index (χ3v) is 4.69. The van der Waals surface area contributed by atoms with Gasteiger partial charge in [-0.2, -0.15) is 0 Å². The number of benzene rings is 1. The van der Waals surface area contributed by atoms with Crippen molar-refractivity contribution in [2.24, 2.45) is 0 Å². The average Bonchev–Trinajstić information content (AvgIpc) is 3.12. The van der Waals surface area contributed by atoms with Gasteiger partial charge in [0.15, 0.2) is 0 Å². The highest BCUT2D eigenvalue weighted by molar-refractivity contribution is 6.07. The predicted molar refractivity (Wildman–Crippen MR) is 83.2 cm³/mol. The van der Waals surface area contributed by atoms with Gasteiger partial charge < -0.3 is 14.6 Å². The van der Waals surface area contributed by atoms with Crippen molar-refractivity contribution in [3.8, 4) is 5.75 Å². The number of ether oxygens (including phenoxy) is 1. The minimum atomic E-state index is -0.546. The maximum absolute atomic E-state index is 12.3. The highest BCUT2D eigenvalue weighted by Gasteiger charge is 2.44. The van der Waals surface area contributed by atoms with Crippen LogP contribution in [-0.2, 0) is 23.2 Å². The van der Waals surface area contributed by atoms with Crippen molar-refractivity contribution < 1.29 is 9.53 Å². The maximum atomic E-state index is 12.3. The molecule has 3 heterocycles. The molecule has 1 atom stereocenters. The molecule has 2 aliphatic rings. The molecule has 0 saturated heterocycles. The zero-order valence-corrected chi connectivity index (χ0v) is 13.0. The molecule has 0 aliphatic carbocycles. The molecule has 4 rings (SSSR count). The molecular formula is C17H19N3O2. The van der Waals surface area contributed by atoms with E-state index in [1.54, 1.807) is 12.5 Å². The number of aromatic nitrogens is 2. The molecule has 1 N–H and O–H groups in total. The van der Waals surface area contributed by atoms with Gasteiger partial charge in [-0.15, -0.1) is 0 Å². The van der Waals surface area contributed by atoms with Gasteiger partial charge in [0.1, 0.15) is 11.9 Å². The Kier molecular flexibility index (Phi) is 2.64. The van der Waals surface area contributed by atoms with Crippen molar-refractivity contribution in [3.63, 3.8) is 0 Å². The van der Waals surface area contributed by atoms with Crippen molar-refractivity contribution >= 4 is 11.6 Å². The topological polar surface area (TPSA) is 56.1 Å². The van der Waals surface area contributed by atoms with Crippen LogP contribution in [0.1, 0.15) is 30.5 Å². The summed E-state index contributed by atoms with van der Waals surface area (Å²) in [5, 5.41) is 3.01. The monoisotopic (exact) mass is 297 g/mol. The number of anilines is 1. The summed E-state index contributed by atoms with van der Waals surface area (Å²) in [5.41, 5.74) is 3.71. The molecule has 22 heavy (non-hydrogen) atoms. The van der Waals surface area contributed by atoms with Crippen LogP contribution in [0.2, 0.25) is 0 Å². The van der Waals surface area contributed by atoms with Crippen LogP contribution >= 0.6 is 0 Å². The summed E-state index contributed by atoms with van der Waals surface area (Å²) in [7, 11) is 0. The second kappa shape index (κ2) is 4.35. The summed E-state index contributed by atoms with van der Waals surface area (Å²) in [5.74, 6) is 0.940. The Morgan fingerprint density at radius 3 is 3.05 bits per heavy atom. The van der Waals surface area contributed by atoms with E-state index in [1.807, 2.05) is 31.5 Å². The largest absolute Gasteiger partial charge is 0.488 e. The number of nitrogens with zero attached hydrogens (tertiary/aromatic N) is 2. The van der Waals surface area contributed by atoms with E-state index < -0.39 is 5.41 Å². The lowest BCUT2D eigenvalue weighted by molar-refractivity contribution is -0.119. The van der Waals surface area contributed by atoms with Crippen molar-refractivity contribution in [2.45, 2.75) is 45.3 Å². The number of hydrogen-bond donors (Lipinski definition) is 1. The van der Waals surface area contributed by atoms with E-state index in [0.29, 0.717) is 0 Å². The fraction of sp³-hybridized carbons (Fsp3) is 0.412. The Balaban J connectivity index is 1.73. The molecule has 5 nitrogen and oxygen atoms in total. The molecule has 1 unspecified atom stereocenters. The minimum Gasteiger partial charge on any atom is -0.488 e. The van der Waals surface area contributed by atoms with Crippen LogP contribution in [0.3, 0.4) is 0 Å². The molecule has 2 aromatic rings. The number of imidazole rings is 1. The lowest BCUT2D eigenvalue weighted by Crippen LogP contribution is -2.27. The van der Waals surface area contributed by atoms with Crippen LogP contribution in [0.4, 0.5) is 5.69 Å². The van der Waals surface area contributed by atoms with E-state index >= 15 is 0 Å². The second-order valence-corrected chi connectivity index (χ2v) is 6.71. The molecule has 0 saturated carbocycles. The van der Waals surface area contributed by atoms with Crippen LogP contribution in [0.25, 0.3) is 0 Å². The molecule has 1 amide bonds. The van der Waals surface area contributed by atoms with Crippen molar-refractivity contribution in [1.29, 1.82) is 0 Å². The van der Waals surface area contributed by atoms with E-state index in [2.05, 4.69) is 16.4 Å². The highest BCUT2D eigenvalue weighted by Crippen LogP contribution is 2.49. The summed E-state index contributed by atoms with van der Waals surface area (Å²) in [4.78, 5) is 16.3. The molecule has 2 aliphatic heterocycles. The maximum Gasteiger partial charge on any atom is 0.234 e. The lowest BCUT2D eigenvalue weighted by atomic mass is 9.83. The van der Waals surface area contributed by atoms with Crippen LogP contribution in [0.5, 0.6) is 5.75 Å². The first-order chi connectivity index (χ1) is 10.5. The summed E-state index contributed by atoms with van der Waals surface area (Å²) in [6.07, 6.45) is 6.47. The van der Waals surface area contributed by atoms with Crippen LogP contribution in [0, 0.1) is 6.92 Å². The molecule has 0 bridgehead atoms. The SMILES string of the molecule is Cc1cc2c(c3c1NC(=O)C3(C)C)OC(Cn1ccnc1)C2. The molecule has 114 valence electrons. The van der Waals surface area contributed by atoms with E-state index in [-0.39, 0.29) is 12.0 Å². The lowest BCUT2D eigenvalue weighted by Gasteiger charge is -2.19. The Hall–Kier alpha value is -2.30. The van der Waals surface area contributed by atoms with Gasteiger partial charge in [0, 0.05) is 24.4 Å². The van der Waals surface area contributed by atoms with Crippen molar-refractivity contribution in [3.05, 3.63) is 41.5 Å². The summed E-state index contributed by atoms with van der Waals surface area (Å²) < 4.78 is 8.25. The van der Waals surface area contributed by atoms with Crippen molar-refractivity contribution in [2.75, 3.05) is 5.32 Å². The van der Waals surface area contributed by atoms with Gasteiger partial charge in [0.05, 0.1) is 24.0 Å². The third kappa shape index (κ3) is 1.78. The molecule has 5 heteroatoms. The molecule has 0 spiro atoms.